The normalized spacial score (nSPS) is 10.4. The van der Waals surface area contributed by atoms with Crippen LogP contribution in [0.1, 0.15) is 27.9 Å². The van der Waals surface area contributed by atoms with Crippen LogP contribution in [0.2, 0.25) is 0 Å². The van der Waals surface area contributed by atoms with E-state index in [2.05, 4.69) is 12.1 Å². The van der Waals surface area contributed by atoms with Crippen LogP contribution in [-0.4, -0.2) is 19.0 Å². The Morgan fingerprint density at radius 3 is 2.45 bits per heavy atom. The molecule has 0 radical (unpaired) electrons. The minimum absolute atomic E-state index is 0.0582. The number of rotatable bonds is 7. The van der Waals surface area contributed by atoms with Crippen LogP contribution in [0.4, 0.5) is 0 Å². The first-order chi connectivity index (χ1) is 9.77. The van der Waals surface area contributed by atoms with Gasteiger partial charge in [-0.15, -0.1) is 0 Å². The summed E-state index contributed by atoms with van der Waals surface area (Å²) < 4.78 is 5.48. The number of carbonyl (C=O) groups is 1. The Balaban J connectivity index is 1.69. The van der Waals surface area contributed by atoms with Crippen molar-refractivity contribution in [2.75, 3.05) is 13.2 Å². The predicted molar refractivity (Wildman–Crippen MR) is 81.1 cm³/mol. The molecule has 0 aliphatic carbocycles. The highest BCUT2D eigenvalue weighted by Gasteiger charge is 2.07. The second-order valence-corrected chi connectivity index (χ2v) is 4.88. The summed E-state index contributed by atoms with van der Waals surface area (Å²) in [5.74, 6) is 0.0582. The number of carbonyl (C=O) groups excluding carboxylic acids is 1. The Kier molecular flexibility index (Phi) is 5.51. The van der Waals surface area contributed by atoms with Gasteiger partial charge >= 0.3 is 0 Å². The van der Waals surface area contributed by atoms with Gasteiger partial charge in [-0.3, -0.25) is 4.79 Å². The molecule has 2 heteroatoms. The van der Waals surface area contributed by atoms with Gasteiger partial charge in [0.1, 0.15) is 6.61 Å². The molecule has 2 aromatic rings. The number of hydrogen-bond donors (Lipinski definition) is 0. The van der Waals surface area contributed by atoms with Crippen LogP contribution in [0, 0.1) is 6.92 Å². The number of hydrogen-bond acceptors (Lipinski definition) is 2. The van der Waals surface area contributed by atoms with Crippen LogP contribution in [-0.2, 0) is 11.2 Å². The molecule has 2 aromatic carbocycles. The van der Waals surface area contributed by atoms with E-state index >= 15 is 0 Å². The topological polar surface area (TPSA) is 26.3 Å². The largest absolute Gasteiger partial charge is 0.373 e. The van der Waals surface area contributed by atoms with Crippen molar-refractivity contribution in [3.63, 3.8) is 0 Å². The summed E-state index contributed by atoms with van der Waals surface area (Å²) in [5.41, 5.74) is 3.07. The molecule has 0 saturated carbocycles. The first-order valence-corrected chi connectivity index (χ1v) is 6.98. The second-order valence-electron chi connectivity index (χ2n) is 4.88. The van der Waals surface area contributed by atoms with E-state index < -0.39 is 0 Å². The van der Waals surface area contributed by atoms with Crippen LogP contribution >= 0.6 is 0 Å². The Hall–Kier alpha value is -1.93. The van der Waals surface area contributed by atoms with Crippen LogP contribution in [0.25, 0.3) is 0 Å². The average Bonchev–Trinajstić information content (AvgIpc) is 2.48. The lowest BCUT2D eigenvalue weighted by Gasteiger charge is -2.06. The fraction of sp³-hybridized carbons (Fsp3) is 0.278. The zero-order valence-electron chi connectivity index (χ0n) is 11.8. The average molecular weight is 268 g/mol. The first-order valence-electron chi connectivity index (χ1n) is 6.98. The number of aryl methyl sites for hydroxylation is 2. The summed E-state index contributed by atoms with van der Waals surface area (Å²) in [5, 5.41) is 0. The molecule has 0 atom stereocenters. The molecule has 0 aliphatic rings. The standard InChI is InChI=1S/C18H20O2/c1-15-8-5-6-12-17(15)18(19)14-20-13-7-11-16-9-3-2-4-10-16/h2-6,8-10,12H,7,11,13-14H2,1H3. The molecule has 20 heavy (non-hydrogen) atoms. The molecule has 0 aliphatic heterocycles. The van der Waals surface area contributed by atoms with Crippen molar-refractivity contribution in [1.82, 2.24) is 0 Å². The molecule has 0 unspecified atom stereocenters. The maximum atomic E-state index is 12.0. The molecular formula is C18H20O2. The quantitative estimate of drug-likeness (QED) is 0.563. The van der Waals surface area contributed by atoms with Gasteiger partial charge in [-0.25, -0.2) is 0 Å². The van der Waals surface area contributed by atoms with Crippen LogP contribution in [0.3, 0.4) is 0 Å². The van der Waals surface area contributed by atoms with Crippen molar-refractivity contribution in [2.45, 2.75) is 19.8 Å². The van der Waals surface area contributed by atoms with Gasteiger partial charge in [-0.05, 0) is 30.9 Å². The number of ketones is 1. The number of ether oxygens (including phenoxy) is 1. The highest BCUT2D eigenvalue weighted by molar-refractivity contribution is 5.98. The minimum atomic E-state index is 0.0582. The number of benzene rings is 2. The van der Waals surface area contributed by atoms with Gasteiger partial charge < -0.3 is 4.74 Å². The lowest BCUT2D eigenvalue weighted by Crippen LogP contribution is -2.11. The summed E-state index contributed by atoms with van der Waals surface area (Å²) in [6, 6.07) is 17.9. The fourth-order valence-corrected chi connectivity index (χ4v) is 2.15. The highest BCUT2D eigenvalue weighted by atomic mass is 16.5. The maximum Gasteiger partial charge on any atom is 0.188 e. The van der Waals surface area contributed by atoms with E-state index in [1.165, 1.54) is 5.56 Å². The molecule has 2 rings (SSSR count). The predicted octanol–water partition coefficient (Wildman–Crippen LogP) is 3.83. The Morgan fingerprint density at radius 2 is 1.70 bits per heavy atom. The van der Waals surface area contributed by atoms with Gasteiger partial charge in [-0.2, -0.15) is 0 Å². The van der Waals surface area contributed by atoms with E-state index in [0.29, 0.717) is 6.61 Å². The third-order valence-corrected chi connectivity index (χ3v) is 3.28. The zero-order chi connectivity index (χ0) is 14.2. The van der Waals surface area contributed by atoms with Crippen molar-refractivity contribution < 1.29 is 9.53 Å². The highest BCUT2D eigenvalue weighted by Crippen LogP contribution is 2.08. The van der Waals surface area contributed by atoms with Gasteiger partial charge in [0.05, 0.1) is 0 Å². The molecule has 0 spiro atoms. The van der Waals surface area contributed by atoms with Crippen LogP contribution in [0.15, 0.2) is 54.6 Å². The summed E-state index contributed by atoms with van der Waals surface area (Å²) in [4.78, 5) is 12.0. The van der Waals surface area contributed by atoms with Crippen molar-refractivity contribution in [3.05, 3.63) is 71.3 Å². The van der Waals surface area contributed by atoms with Crippen LogP contribution in [0.5, 0.6) is 0 Å². The molecule has 0 N–H and O–H groups in total. The maximum absolute atomic E-state index is 12.0. The zero-order valence-corrected chi connectivity index (χ0v) is 11.8. The van der Waals surface area contributed by atoms with E-state index in [9.17, 15) is 4.79 Å². The van der Waals surface area contributed by atoms with Gasteiger partial charge in [0, 0.05) is 12.2 Å². The second kappa shape index (κ2) is 7.61. The van der Waals surface area contributed by atoms with E-state index in [-0.39, 0.29) is 12.4 Å². The Labute approximate surface area is 120 Å². The summed E-state index contributed by atoms with van der Waals surface area (Å²) in [6.07, 6.45) is 1.92. The smallest absolute Gasteiger partial charge is 0.188 e. The summed E-state index contributed by atoms with van der Waals surface area (Å²) >= 11 is 0. The van der Waals surface area contributed by atoms with Crippen molar-refractivity contribution >= 4 is 5.78 Å². The molecule has 0 amide bonds. The Bertz CT molecular complexity index is 546. The van der Waals surface area contributed by atoms with Gasteiger partial charge in [0.25, 0.3) is 0 Å². The molecule has 104 valence electrons. The van der Waals surface area contributed by atoms with Crippen LogP contribution < -0.4 is 0 Å². The molecule has 0 aromatic heterocycles. The molecular weight excluding hydrogens is 248 g/mol. The molecule has 2 nitrogen and oxygen atoms in total. The summed E-state index contributed by atoms with van der Waals surface area (Å²) in [7, 11) is 0. The lowest BCUT2D eigenvalue weighted by molar-refractivity contribution is 0.0755. The minimum Gasteiger partial charge on any atom is -0.373 e. The molecule has 0 saturated heterocycles. The van der Waals surface area contributed by atoms with Gasteiger partial charge in [0.2, 0.25) is 0 Å². The van der Waals surface area contributed by atoms with Gasteiger partial charge in [0.15, 0.2) is 5.78 Å². The third kappa shape index (κ3) is 4.32. The summed E-state index contributed by atoms with van der Waals surface area (Å²) in [6.45, 7) is 2.73. The Morgan fingerprint density at radius 1 is 1.00 bits per heavy atom. The number of Topliss-reactive ketones (excluding diaryl/α,β-unsaturated/α-hetero) is 1. The fourth-order valence-electron chi connectivity index (χ4n) is 2.15. The van der Waals surface area contributed by atoms with E-state index in [4.69, 9.17) is 4.74 Å². The van der Waals surface area contributed by atoms with E-state index in [0.717, 1.165) is 24.0 Å². The molecule has 0 fully saturated rings. The molecule has 0 heterocycles. The third-order valence-electron chi connectivity index (χ3n) is 3.28. The first kappa shape index (κ1) is 14.5. The lowest BCUT2D eigenvalue weighted by atomic mass is 10.1. The van der Waals surface area contributed by atoms with Crippen molar-refractivity contribution in [2.24, 2.45) is 0 Å². The monoisotopic (exact) mass is 268 g/mol. The van der Waals surface area contributed by atoms with E-state index in [1.807, 2.05) is 49.4 Å². The van der Waals surface area contributed by atoms with Crippen molar-refractivity contribution in [1.29, 1.82) is 0 Å². The van der Waals surface area contributed by atoms with Crippen molar-refractivity contribution in [3.8, 4) is 0 Å². The van der Waals surface area contributed by atoms with Gasteiger partial charge in [-0.1, -0.05) is 54.6 Å². The molecule has 0 bridgehead atoms. The SMILES string of the molecule is Cc1ccccc1C(=O)COCCCc1ccccc1. The van der Waals surface area contributed by atoms with E-state index in [1.54, 1.807) is 0 Å².